The molecule has 12 nitrogen and oxygen atoms in total. The van der Waals surface area contributed by atoms with Crippen molar-refractivity contribution in [3.05, 3.63) is 95.7 Å². The topological polar surface area (TPSA) is 149 Å². The van der Waals surface area contributed by atoms with Crippen LogP contribution >= 0.6 is 0 Å². The normalized spacial score (nSPS) is 17.3. The third-order valence-corrected chi connectivity index (χ3v) is 11.2. The van der Waals surface area contributed by atoms with E-state index in [2.05, 4.69) is 71.8 Å². The van der Waals surface area contributed by atoms with Crippen molar-refractivity contribution in [3.63, 3.8) is 0 Å². The molecule has 2 aliphatic heterocycles. The second-order valence-electron chi connectivity index (χ2n) is 14.8. The van der Waals surface area contributed by atoms with Gasteiger partial charge in [0, 0.05) is 66.5 Å². The lowest BCUT2D eigenvalue weighted by molar-refractivity contribution is -0.134. The number of imide groups is 1. The Kier molecular flexibility index (Phi) is 10.9. The molecule has 1 aromatic heterocycles. The lowest BCUT2D eigenvalue weighted by atomic mass is 9.89. The van der Waals surface area contributed by atoms with E-state index in [1.807, 2.05) is 31.2 Å². The molecule has 1 atom stereocenters. The van der Waals surface area contributed by atoms with Gasteiger partial charge in [0.25, 0.3) is 0 Å². The van der Waals surface area contributed by atoms with E-state index < -0.39 is 15.6 Å². The summed E-state index contributed by atoms with van der Waals surface area (Å²) in [6.07, 6.45) is 4.74. The molecule has 2 aliphatic rings. The third-order valence-electron chi connectivity index (χ3n) is 9.42. The number of hydrogen-bond donors (Lipinski definition) is 4. The molecule has 2 saturated heterocycles. The highest BCUT2D eigenvalue weighted by molar-refractivity contribution is 7.89. The zero-order chi connectivity index (χ0) is 37.0. The molecule has 0 aliphatic carbocycles. The molecule has 2 amide bonds. The van der Waals surface area contributed by atoms with Crippen LogP contribution in [0.2, 0.25) is 0 Å². The number of hydrogen-bond acceptors (Lipinski definition) is 10. The van der Waals surface area contributed by atoms with Gasteiger partial charge >= 0.3 is 0 Å². The van der Waals surface area contributed by atoms with Crippen LogP contribution in [0.25, 0.3) is 0 Å². The van der Waals surface area contributed by atoms with Gasteiger partial charge in [0.1, 0.15) is 5.82 Å². The van der Waals surface area contributed by atoms with E-state index in [1.54, 1.807) is 51.2 Å². The quantitative estimate of drug-likeness (QED) is 0.136. The maximum absolute atomic E-state index is 12.9. The first-order valence-electron chi connectivity index (χ1n) is 17.7. The van der Waals surface area contributed by atoms with Crippen molar-refractivity contribution < 1.29 is 18.0 Å². The molecule has 4 aromatic rings. The molecule has 0 bridgehead atoms. The van der Waals surface area contributed by atoms with Crippen LogP contribution in [-0.4, -0.2) is 66.8 Å². The van der Waals surface area contributed by atoms with E-state index in [9.17, 15) is 18.0 Å². The Balaban J connectivity index is 1.02. The van der Waals surface area contributed by atoms with Crippen LogP contribution in [0.3, 0.4) is 0 Å². The van der Waals surface area contributed by atoms with Gasteiger partial charge in [-0.2, -0.15) is 4.98 Å². The summed E-state index contributed by atoms with van der Waals surface area (Å²) in [5, 5.41) is 9.02. The Morgan fingerprint density at radius 2 is 1.65 bits per heavy atom. The minimum Gasteiger partial charge on any atom is -0.371 e. The van der Waals surface area contributed by atoms with E-state index in [0.717, 1.165) is 55.0 Å². The summed E-state index contributed by atoms with van der Waals surface area (Å²) in [7, 11) is -1.52. The Morgan fingerprint density at radius 1 is 0.923 bits per heavy atom. The maximum atomic E-state index is 12.9. The van der Waals surface area contributed by atoms with Crippen molar-refractivity contribution in [3.8, 4) is 0 Å². The van der Waals surface area contributed by atoms with Crippen LogP contribution in [0.1, 0.15) is 69.1 Å². The van der Waals surface area contributed by atoms with Crippen molar-refractivity contribution in [2.45, 2.75) is 82.3 Å². The predicted molar refractivity (Wildman–Crippen MR) is 205 cm³/mol. The number of aryl methyl sites for hydroxylation is 1. The van der Waals surface area contributed by atoms with Crippen LogP contribution in [0.4, 0.5) is 28.8 Å². The molecule has 0 radical (unpaired) electrons. The van der Waals surface area contributed by atoms with Crippen LogP contribution < -0.4 is 25.6 Å². The largest absolute Gasteiger partial charge is 0.371 e. The second-order valence-corrected chi connectivity index (χ2v) is 16.5. The predicted octanol–water partition coefficient (Wildman–Crippen LogP) is 5.97. The first kappa shape index (κ1) is 36.9. The fraction of sp³-hybridized carbons (Fsp3) is 0.385. The highest BCUT2D eigenvalue weighted by Crippen LogP contribution is 2.29. The Hall–Kier alpha value is -4.85. The van der Waals surface area contributed by atoms with Gasteiger partial charge in [-0.25, -0.2) is 18.1 Å². The van der Waals surface area contributed by atoms with Crippen LogP contribution in [0.15, 0.2) is 83.9 Å². The fourth-order valence-electron chi connectivity index (χ4n) is 6.75. The van der Waals surface area contributed by atoms with E-state index in [-0.39, 0.29) is 22.6 Å². The van der Waals surface area contributed by atoms with Gasteiger partial charge in [-0.1, -0.05) is 30.3 Å². The van der Waals surface area contributed by atoms with E-state index in [4.69, 9.17) is 0 Å². The first-order chi connectivity index (χ1) is 24.7. The van der Waals surface area contributed by atoms with Crippen molar-refractivity contribution in [1.29, 1.82) is 0 Å². The van der Waals surface area contributed by atoms with E-state index >= 15 is 0 Å². The molecule has 3 heterocycles. The van der Waals surface area contributed by atoms with Crippen LogP contribution in [-0.2, 0) is 26.2 Å². The second kappa shape index (κ2) is 15.4. The summed E-state index contributed by atoms with van der Waals surface area (Å²) in [4.78, 5) is 38.1. The summed E-state index contributed by atoms with van der Waals surface area (Å²) < 4.78 is 28.4. The molecule has 3 aromatic carbocycles. The minimum atomic E-state index is -3.69. The Bertz CT molecular complexity index is 2020. The zero-order valence-electron chi connectivity index (χ0n) is 30.4. The van der Waals surface area contributed by atoms with Gasteiger partial charge in [0.2, 0.25) is 27.8 Å². The molecule has 274 valence electrons. The summed E-state index contributed by atoms with van der Waals surface area (Å²) >= 11 is 0. The molecular formula is C39H48N8O4S. The number of amides is 2. The fourth-order valence-corrected chi connectivity index (χ4v) is 8.22. The molecular weight excluding hydrogens is 677 g/mol. The van der Waals surface area contributed by atoms with Crippen molar-refractivity contribution in [1.82, 2.24) is 24.9 Å². The number of piperidine rings is 2. The Labute approximate surface area is 306 Å². The molecule has 52 heavy (non-hydrogen) atoms. The van der Waals surface area contributed by atoms with Crippen molar-refractivity contribution in [2.24, 2.45) is 0 Å². The molecule has 0 saturated carbocycles. The number of nitrogens with one attached hydrogen (secondary N) is 4. The minimum absolute atomic E-state index is 0.170. The standard InChI is InChI=1S/C39H48N8O4S/c1-26-24-40-38(44-36(26)41-30-10-7-11-33(23-30)52(50,51)45-39(2,3)4)42-29-12-14-32(15-13-29)47-20-18-31(19-21-47)46(5)25-27-8-6-9-28(22-27)34-16-17-35(48)43-37(34)49/h6-15,22-24,31,34,45H,16-21,25H2,1-5H3,(H,43,48,49)(H2,40,41,42,44). The third kappa shape index (κ3) is 9.32. The van der Waals surface area contributed by atoms with E-state index in [0.29, 0.717) is 36.3 Å². The monoisotopic (exact) mass is 724 g/mol. The van der Waals surface area contributed by atoms with Gasteiger partial charge in [-0.05, 0) is 108 Å². The molecule has 2 fully saturated rings. The number of sulfonamides is 1. The Morgan fingerprint density at radius 3 is 2.37 bits per heavy atom. The first-order valence-corrected chi connectivity index (χ1v) is 19.2. The number of benzene rings is 3. The molecule has 1 unspecified atom stereocenters. The lowest BCUT2D eigenvalue weighted by Crippen LogP contribution is -2.43. The van der Waals surface area contributed by atoms with Crippen molar-refractivity contribution >= 4 is 50.7 Å². The molecule has 6 rings (SSSR count). The van der Waals surface area contributed by atoms with Crippen molar-refractivity contribution in [2.75, 3.05) is 35.7 Å². The number of carbonyl (C=O) groups excluding carboxylic acids is 2. The molecule has 4 N–H and O–H groups in total. The highest BCUT2D eigenvalue weighted by atomic mass is 32.2. The SMILES string of the molecule is Cc1cnc(Nc2ccc(N3CCC(N(C)Cc4cccc(C5CCC(=O)NC5=O)c4)CC3)cc2)nc1Nc1cccc(S(=O)(=O)NC(C)(C)C)c1. The molecule has 13 heteroatoms. The number of nitrogens with zero attached hydrogens (tertiary/aromatic N) is 4. The number of rotatable bonds is 11. The van der Waals surface area contributed by atoms with Gasteiger partial charge in [-0.15, -0.1) is 0 Å². The van der Waals surface area contributed by atoms with Crippen LogP contribution in [0, 0.1) is 6.92 Å². The average Bonchev–Trinajstić information content (AvgIpc) is 3.09. The average molecular weight is 725 g/mol. The number of anilines is 5. The molecule has 0 spiro atoms. The summed E-state index contributed by atoms with van der Waals surface area (Å²) in [5.74, 6) is 0.329. The van der Waals surface area contributed by atoms with Gasteiger partial charge in [0.15, 0.2) is 0 Å². The van der Waals surface area contributed by atoms with Gasteiger partial charge in [-0.3, -0.25) is 19.8 Å². The maximum Gasteiger partial charge on any atom is 0.241 e. The highest BCUT2D eigenvalue weighted by Gasteiger charge is 2.29. The summed E-state index contributed by atoms with van der Waals surface area (Å²) in [6.45, 7) is 10.0. The van der Waals surface area contributed by atoms with E-state index in [1.165, 1.54) is 5.56 Å². The smallest absolute Gasteiger partial charge is 0.241 e. The van der Waals surface area contributed by atoms with Crippen LogP contribution in [0.5, 0.6) is 0 Å². The lowest BCUT2D eigenvalue weighted by Gasteiger charge is -2.38. The van der Waals surface area contributed by atoms with Gasteiger partial charge in [0.05, 0.1) is 10.8 Å². The zero-order valence-corrected chi connectivity index (χ0v) is 31.3. The summed E-state index contributed by atoms with van der Waals surface area (Å²) in [6, 6.07) is 23.6. The summed E-state index contributed by atoms with van der Waals surface area (Å²) in [5.41, 5.74) is 4.97. The van der Waals surface area contributed by atoms with Gasteiger partial charge < -0.3 is 15.5 Å². The number of carbonyl (C=O) groups is 2. The number of aromatic nitrogens is 2.